The third kappa shape index (κ3) is 2.43. The predicted octanol–water partition coefficient (Wildman–Crippen LogP) is 6.27. The van der Waals surface area contributed by atoms with Gasteiger partial charge in [-0.15, -0.1) is 0 Å². The lowest BCUT2D eigenvalue weighted by atomic mass is 10.1. The third-order valence-corrected chi connectivity index (χ3v) is 5.34. The minimum Gasteiger partial charge on any atom is -0.333 e. The Labute approximate surface area is 154 Å². The van der Waals surface area contributed by atoms with Gasteiger partial charge in [0.1, 0.15) is 0 Å². The highest BCUT2D eigenvalue weighted by Gasteiger charge is 2.18. The van der Waals surface area contributed by atoms with Crippen molar-refractivity contribution in [1.82, 2.24) is 9.55 Å². The van der Waals surface area contributed by atoms with E-state index in [-0.39, 0.29) is 0 Å². The molecule has 0 aliphatic heterocycles. The molecular weight excluding hydrogens is 384 g/mol. The first-order chi connectivity index (χ1) is 11.6. The number of aromatic nitrogens is 2. The Kier molecular flexibility index (Phi) is 3.86. The maximum Gasteiger partial charge on any atom is 0.153 e. The number of benzene rings is 2. The molecule has 0 bridgehead atoms. The van der Waals surface area contributed by atoms with Gasteiger partial charge >= 0.3 is 0 Å². The Morgan fingerprint density at radius 3 is 2.58 bits per heavy atom. The van der Waals surface area contributed by atoms with E-state index in [0.717, 1.165) is 22.2 Å². The van der Waals surface area contributed by atoms with Crippen LogP contribution < -0.4 is 0 Å². The molecule has 0 saturated heterocycles. The first kappa shape index (κ1) is 15.7. The topological polar surface area (TPSA) is 17.8 Å². The van der Waals surface area contributed by atoms with E-state index in [1.165, 1.54) is 27.4 Å². The molecule has 4 heteroatoms. The molecule has 120 valence electrons. The molecule has 0 radical (unpaired) electrons. The summed E-state index contributed by atoms with van der Waals surface area (Å²) < 4.78 is 3.34. The second kappa shape index (κ2) is 5.91. The fraction of sp³-hybridized carbons (Fsp3) is 0.150. The molecule has 4 rings (SSSR count). The molecule has 0 aliphatic rings. The second-order valence-electron chi connectivity index (χ2n) is 6.07. The Hall–Kier alpha value is -1.84. The summed E-state index contributed by atoms with van der Waals surface area (Å²) in [5, 5.41) is 2.97. The van der Waals surface area contributed by atoms with Crippen LogP contribution in [0.25, 0.3) is 21.8 Å². The predicted molar refractivity (Wildman–Crippen MR) is 105 cm³/mol. The molecule has 0 fully saturated rings. The van der Waals surface area contributed by atoms with Crippen molar-refractivity contribution >= 4 is 49.3 Å². The molecule has 0 atom stereocenters. The van der Waals surface area contributed by atoms with Gasteiger partial charge in [0.25, 0.3) is 0 Å². The minimum absolute atomic E-state index is 0.566. The van der Waals surface area contributed by atoms with Gasteiger partial charge in [-0.1, -0.05) is 57.9 Å². The molecule has 2 nitrogen and oxygen atoms in total. The van der Waals surface area contributed by atoms with E-state index >= 15 is 0 Å². The summed E-state index contributed by atoms with van der Waals surface area (Å²) >= 11 is 10.2. The number of hydrogen-bond donors (Lipinski definition) is 0. The van der Waals surface area contributed by atoms with Gasteiger partial charge in [-0.3, -0.25) is 0 Å². The van der Waals surface area contributed by atoms with Crippen molar-refractivity contribution in [2.24, 2.45) is 0 Å². The molecule has 24 heavy (non-hydrogen) atoms. The van der Waals surface area contributed by atoms with Crippen LogP contribution in [0.1, 0.15) is 16.8 Å². The number of rotatable bonds is 2. The molecule has 2 heterocycles. The first-order valence-corrected chi connectivity index (χ1v) is 9.01. The second-order valence-corrected chi connectivity index (χ2v) is 7.34. The van der Waals surface area contributed by atoms with E-state index in [4.69, 9.17) is 11.6 Å². The summed E-state index contributed by atoms with van der Waals surface area (Å²) in [5.74, 6) is 0. The first-order valence-electron chi connectivity index (χ1n) is 7.84. The average molecular weight is 400 g/mol. The number of hydrogen-bond acceptors (Lipinski definition) is 1. The minimum atomic E-state index is 0.566. The molecular formula is C20H16BrClN2. The number of fused-ring (bicyclic) bond motifs is 3. The van der Waals surface area contributed by atoms with Crippen molar-refractivity contribution in [3.8, 4) is 0 Å². The molecule has 0 unspecified atom stereocenters. The highest BCUT2D eigenvalue weighted by Crippen LogP contribution is 2.37. The molecule has 0 aliphatic carbocycles. The molecule has 2 aromatic heterocycles. The lowest BCUT2D eigenvalue weighted by Gasteiger charge is -2.10. The van der Waals surface area contributed by atoms with Crippen LogP contribution >= 0.6 is 27.5 Å². The van der Waals surface area contributed by atoms with E-state index in [1.54, 1.807) is 0 Å². The summed E-state index contributed by atoms with van der Waals surface area (Å²) in [6, 6.07) is 16.8. The Morgan fingerprint density at radius 1 is 1.08 bits per heavy atom. The Balaban J connectivity index is 2.12. The van der Waals surface area contributed by atoms with Crippen LogP contribution in [0.4, 0.5) is 0 Å². The van der Waals surface area contributed by atoms with E-state index < -0.39 is 0 Å². The van der Waals surface area contributed by atoms with Gasteiger partial charge in [0, 0.05) is 33.0 Å². The number of pyridine rings is 1. The highest BCUT2D eigenvalue weighted by molar-refractivity contribution is 9.10. The maximum atomic E-state index is 6.57. The van der Waals surface area contributed by atoms with Crippen molar-refractivity contribution < 1.29 is 0 Å². The van der Waals surface area contributed by atoms with Crippen LogP contribution in [0, 0.1) is 13.8 Å². The van der Waals surface area contributed by atoms with Gasteiger partial charge in [-0.2, -0.15) is 0 Å². The van der Waals surface area contributed by atoms with Crippen LogP contribution in [0.15, 0.2) is 53.0 Å². The maximum absolute atomic E-state index is 6.57. The average Bonchev–Trinajstić information content (AvgIpc) is 2.88. The molecule has 0 spiro atoms. The van der Waals surface area contributed by atoms with E-state index in [1.807, 2.05) is 13.0 Å². The summed E-state index contributed by atoms with van der Waals surface area (Å²) in [6.45, 7) is 4.90. The highest BCUT2D eigenvalue weighted by atomic mass is 79.9. The quantitative estimate of drug-likeness (QED) is 0.363. The Bertz CT molecular complexity index is 1070. The summed E-state index contributed by atoms with van der Waals surface area (Å²) in [4.78, 5) is 4.55. The van der Waals surface area contributed by atoms with E-state index in [9.17, 15) is 0 Å². The smallest absolute Gasteiger partial charge is 0.153 e. The van der Waals surface area contributed by atoms with Crippen molar-refractivity contribution in [3.05, 3.63) is 75.0 Å². The van der Waals surface area contributed by atoms with Gasteiger partial charge in [0.15, 0.2) is 5.15 Å². The van der Waals surface area contributed by atoms with Gasteiger partial charge < -0.3 is 4.57 Å². The van der Waals surface area contributed by atoms with Crippen molar-refractivity contribution in [1.29, 1.82) is 0 Å². The normalized spacial score (nSPS) is 11.5. The SMILES string of the molecule is Cc1nc(Cl)c2c(c1C)c1cc(Br)ccc1n2Cc1ccccc1. The number of halogens is 2. The lowest BCUT2D eigenvalue weighted by molar-refractivity contribution is 0.866. The van der Waals surface area contributed by atoms with Crippen LogP contribution in [-0.2, 0) is 6.54 Å². The fourth-order valence-corrected chi connectivity index (χ4v) is 4.00. The van der Waals surface area contributed by atoms with Gasteiger partial charge in [0.05, 0.1) is 5.52 Å². The molecule has 2 aromatic carbocycles. The molecule has 4 aromatic rings. The molecule has 0 N–H and O–H groups in total. The van der Waals surface area contributed by atoms with Crippen LogP contribution in [-0.4, -0.2) is 9.55 Å². The van der Waals surface area contributed by atoms with Gasteiger partial charge in [0.2, 0.25) is 0 Å². The van der Waals surface area contributed by atoms with E-state index in [2.05, 4.69) is 74.9 Å². The standard InChI is InChI=1S/C20H16BrClN2/c1-12-13(2)23-20(22)19-18(12)16-10-15(21)8-9-17(16)24(19)11-14-6-4-3-5-7-14/h3-10H,11H2,1-2H3. The largest absolute Gasteiger partial charge is 0.333 e. The van der Waals surface area contributed by atoms with E-state index in [0.29, 0.717) is 5.15 Å². The summed E-state index contributed by atoms with van der Waals surface area (Å²) in [7, 11) is 0. The zero-order valence-corrected chi connectivity index (χ0v) is 15.8. The van der Waals surface area contributed by atoms with Gasteiger partial charge in [-0.25, -0.2) is 4.98 Å². The zero-order valence-electron chi connectivity index (χ0n) is 13.5. The zero-order chi connectivity index (χ0) is 16.8. The summed E-state index contributed by atoms with van der Waals surface area (Å²) in [6.07, 6.45) is 0. The Morgan fingerprint density at radius 2 is 1.83 bits per heavy atom. The molecule has 0 amide bonds. The number of aryl methyl sites for hydroxylation is 2. The van der Waals surface area contributed by atoms with Crippen LogP contribution in [0.2, 0.25) is 5.15 Å². The third-order valence-electron chi connectivity index (χ3n) is 4.59. The summed E-state index contributed by atoms with van der Waals surface area (Å²) in [5.41, 5.74) is 5.59. The number of nitrogens with zero attached hydrogens (tertiary/aromatic N) is 2. The van der Waals surface area contributed by atoms with Crippen LogP contribution in [0.3, 0.4) is 0 Å². The monoisotopic (exact) mass is 398 g/mol. The van der Waals surface area contributed by atoms with Crippen molar-refractivity contribution in [2.75, 3.05) is 0 Å². The van der Waals surface area contributed by atoms with Crippen LogP contribution in [0.5, 0.6) is 0 Å². The lowest BCUT2D eigenvalue weighted by Crippen LogP contribution is -2.01. The van der Waals surface area contributed by atoms with Crippen molar-refractivity contribution in [3.63, 3.8) is 0 Å². The van der Waals surface area contributed by atoms with Crippen molar-refractivity contribution in [2.45, 2.75) is 20.4 Å². The molecule has 0 saturated carbocycles. The van der Waals surface area contributed by atoms with Gasteiger partial charge in [-0.05, 0) is 43.2 Å². The fourth-order valence-electron chi connectivity index (χ4n) is 3.32.